The van der Waals surface area contributed by atoms with Crippen molar-refractivity contribution in [3.63, 3.8) is 0 Å². The van der Waals surface area contributed by atoms with E-state index in [0.29, 0.717) is 18.6 Å². The predicted molar refractivity (Wildman–Crippen MR) is 71.4 cm³/mol. The SMILES string of the molecule is CCCN(C(=O)C1(COC)CCNCC1)C1CC1. The van der Waals surface area contributed by atoms with E-state index in [1.807, 2.05) is 0 Å². The molecule has 104 valence electrons. The van der Waals surface area contributed by atoms with Crippen molar-refractivity contribution < 1.29 is 9.53 Å². The summed E-state index contributed by atoms with van der Waals surface area (Å²) < 4.78 is 5.36. The van der Waals surface area contributed by atoms with Crippen LogP contribution in [0.25, 0.3) is 0 Å². The topological polar surface area (TPSA) is 41.6 Å². The van der Waals surface area contributed by atoms with Crippen LogP contribution in [0.4, 0.5) is 0 Å². The molecule has 1 amide bonds. The van der Waals surface area contributed by atoms with Crippen molar-refractivity contribution >= 4 is 5.91 Å². The number of nitrogens with one attached hydrogen (secondary N) is 1. The van der Waals surface area contributed by atoms with E-state index in [2.05, 4.69) is 17.1 Å². The van der Waals surface area contributed by atoms with Crippen molar-refractivity contribution in [2.45, 2.75) is 45.1 Å². The number of ether oxygens (including phenoxy) is 1. The molecule has 1 saturated carbocycles. The first-order valence-electron chi connectivity index (χ1n) is 7.24. The van der Waals surface area contributed by atoms with Gasteiger partial charge in [-0.05, 0) is 45.2 Å². The van der Waals surface area contributed by atoms with Gasteiger partial charge in [0.2, 0.25) is 5.91 Å². The Morgan fingerprint density at radius 1 is 1.39 bits per heavy atom. The minimum atomic E-state index is -0.266. The molecule has 18 heavy (non-hydrogen) atoms. The molecule has 4 nitrogen and oxygen atoms in total. The maximum absolute atomic E-state index is 12.9. The van der Waals surface area contributed by atoms with Crippen molar-refractivity contribution in [1.29, 1.82) is 0 Å². The summed E-state index contributed by atoms with van der Waals surface area (Å²) in [6, 6.07) is 0.515. The average Bonchev–Trinajstić information content (AvgIpc) is 3.21. The molecule has 0 aromatic rings. The van der Waals surface area contributed by atoms with Crippen LogP contribution in [0.2, 0.25) is 0 Å². The van der Waals surface area contributed by atoms with Gasteiger partial charge in [0, 0.05) is 19.7 Å². The zero-order chi connectivity index (χ0) is 13.0. The minimum Gasteiger partial charge on any atom is -0.384 e. The molecule has 0 unspecified atom stereocenters. The summed E-state index contributed by atoms with van der Waals surface area (Å²) in [5, 5.41) is 3.34. The number of carbonyl (C=O) groups is 1. The highest BCUT2D eigenvalue weighted by Crippen LogP contribution is 2.36. The summed E-state index contributed by atoms with van der Waals surface area (Å²) in [6.45, 7) is 5.48. The van der Waals surface area contributed by atoms with Gasteiger partial charge in [-0.15, -0.1) is 0 Å². The van der Waals surface area contributed by atoms with Gasteiger partial charge in [0.05, 0.1) is 12.0 Å². The van der Waals surface area contributed by atoms with E-state index in [9.17, 15) is 4.79 Å². The van der Waals surface area contributed by atoms with Gasteiger partial charge in [-0.1, -0.05) is 6.92 Å². The van der Waals surface area contributed by atoms with Gasteiger partial charge in [-0.3, -0.25) is 4.79 Å². The predicted octanol–water partition coefficient (Wildman–Crippen LogP) is 1.40. The zero-order valence-corrected chi connectivity index (χ0v) is 11.7. The molecule has 2 aliphatic rings. The normalized spacial score (nSPS) is 22.8. The largest absolute Gasteiger partial charge is 0.384 e. The Hall–Kier alpha value is -0.610. The van der Waals surface area contributed by atoms with Gasteiger partial charge < -0.3 is 15.0 Å². The Bertz CT molecular complexity index is 278. The second-order valence-electron chi connectivity index (χ2n) is 5.69. The number of carbonyl (C=O) groups excluding carboxylic acids is 1. The zero-order valence-electron chi connectivity index (χ0n) is 11.7. The van der Waals surface area contributed by atoms with Gasteiger partial charge in [0.15, 0.2) is 0 Å². The number of amides is 1. The number of hydrogen-bond acceptors (Lipinski definition) is 3. The molecule has 0 spiro atoms. The van der Waals surface area contributed by atoms with Crippen LogP contribution < -0.4 is 5.32 Å². The summed E-state index contributed by atoms with van der Waals surface area (Å²) in [7, 11) is 1.71. The van der Waals surface area contributed by atoms with Crippen LogP contribution >= 0.6 is 0 Å². The standard InChI is InChI=1S/C14H26N2O2/c1-3-10-16(12-4-5-12)13(17)14(11-18-2)6-8-15-9-7-14/h12,15H,3-11H2,1-2H3. The highest BCUT2D eigenvalue weighted by atomic mass is 16.5. The van der Waals surface area contributed by atoms with E-state index in [4.69, 9.17) is 4.74 Å². The molecule has 0 atom stereocenters. The lowest BCUT2D eigenvalue weighted by Crippen LogP contribution is -2.52. The van der Waals surface area contributed by atoms with E-state index < -0.39 is 0 Å². The summed E-state index contributed by atoms with van der Waals surface area (Å²) in [6.07, 6.45) is 5.24. The summed E-state index contributed by atoms with van der Waals surface area (Å²) in [5.41, 5.74) is -0.266. The summed E-state index contributed by atoms with van der Waals surface area (Å²) >= 11 is 0. The van der Waals surface area contributed by atoms with Gasteiger partial charge in [0.25, 0.3) is 0 Å². The van der Waals surface area contributed by atoms with Crippen molar-refractivity contribution in [1.82, 2.24) is 10.2 Å². The van der Waals surface area contributed by atoms with Crippen LogP contribution in [-0.4, -0.2) is 50.2 Å². The molecule has 1 aliphatic carbocycles. The smallest absolute Gasteiger partial charge is 0.231 e. The molecule has 2 rings (SSSR count). The Morgan fingerprint density at radius 2 is 2.06 bits per heavy atom. The molecule has 1 heterocycles. The highest BCUT2D eigenvalue weighted by molar-refractivity contribution is 5.83. The van der Waals surface area contributed by atoms with Gasteiger partial charge in [-0.25, -0.2) is 0 Å². The van der Waals surface area contributed by atoms with E-state index in [1.54, 1.807) is 7.11 Å². The van der Waals surface area contributed by atoms with Gasteiger partial charge >= 0.3 is 0 Å². The molecular formula is C14H26N2O2. The van der Waals surface area contributed by atoms with Gasteiger partial charge in [-0.2, -0.15) is 0 Å². The molecule has 1 N–H and O–H groups in total. The first-order chi connectivity index (χ1) is 8.73. The van der Waals surface area contributed by atoms with Crippen molar-refractivity contribution in [2.75, 3.05) is 33.4 Å². The fraction of sp³-hybridized carbons (Fsp3) is 0.929. The number of methoxy groups -OCH3 is 1. The maximum Gasteiger partial charge on any atom is 0.231 e. The van der Waals surface area contributed by atoms with Crippen molar-refractivity contribution in [3.05, 3.63) is 0 Å². The Kier molecular flexibility index (Phi) is 4.62. The third-order valence-electron chi connectivity index (χ3n) is 4.15. The second-order valence-corrected chi connectivity index (χ2v) is 5.69. The molecule has 0 aromatic carbocycles. The van der Waals surface area contributed by atoms with E-state index >= 15 is 0 Å². The molecule has 1 aliphatic heterocycles. The molecular weight excluding hydrogens is 228 g/mol. The third kappa shape index (κ3) is 2.86. The van der Waals surface area contributed by atoms with Crippen molar-refractivity contribution in [2.24, 2.45) is 5.41 Å². The van der Waals surface area contributed by atoms with Crippen LogP contribution in [-0.2, 0) is 9.53 Å². The van der Waals surface area contributed by atoms with Crippen LogP contribution in [0, 0.1) is 5.41 Å². The van der Waals surface area contributed by atoms with E-state index in [1.165, 1.54) is 12.8 Å². The molecule has 4 heteroatoms. The number of hydrogen-bond donors (Lipinski definition) is 1. The number of nitrogens with zero attached hydrogens (tertiary/aromatic N) is 1. The minimum absolute atomic E-state index is 0.266. The molecule has 2 fully saturated rings. The molecule has 0 radical (unpaired) electrons. The lowest BCUT2D eigenvalue weighted by Gasteiger charge is -2.39. The van der Waals surface area contributed by atoms with Gasteiger partial charge in [0.1, 0.15) is 0 Å². The molecule has 0 aromatic heterocycles. The Labute approximate surface area is 110 Å². The van der Waals surface area contributed by atoms with Crippen molar-refractivity contribution in [3.8, 4) is 0 Å². The first kappa shape index (κ1) is 13.8. The first-order valence-corrected chi connectivity index (χ1v) is 7.24. The third-order valence-corrected chi connectivity index (χ3v) is 4.15. The number of rotatable bonds is 6. The Balaban J connectivity index is 2.09. The monoisotopic (exact) mass is 254 g/mol. The maximum atomic E-state index is 12.9. The fourth-order valence-electron chi connectivity index (χ4n) is 2.98. The van der Waals surface area contributed by atoms with Crippen LogP contribution in [0.5, 0.6) is 0 Å². The summed E-state index contributed by atoms with van der Waals surface area (Å²) in [4.78, 5) is 15.0. The lowest BCUT2D eigenvalue weighted by atomic mass is 9.78. The lowest BCUT2D eigenvalue weighted by molar-refractivity contribution is -0.148. The van der Waals surface area contributed by atoms with Crippen LogP contribution in [0.3, 0.4) is 0 Å². The summed E-state index contributed by atoms with van der Waals surface area (Å²) in [5.74, 6) is 0.343. The molecule has 0 bridgehead atoms. The van der Waals surface area contributed by atoms with Crippen LogP contribution in [0.1, 0.15) is 39.0 Å². The van der Waals surface area contributed by atoms with E-state index in [-0.39, 0.29) is 5.41 Å². The fourth-order valence-corrected chi connectivity index (χ4v) is 2.98. The van der Waals surface area contributed by atoms with E-state index in [0.717, 1.165) is 38.9 Å². The number of piperidine rings is 1. The highest BCUT2D eigenvalue weighted by Gasteiger charge is 2.45. The average molecular weight is 254 g/mol. The van der Waals surface area contributed by atoms with Crippen LogP contribution in [0.15, 0.2) is 0 Å². The molecule has 1 saturated heterocycles. The quantitative estimate of drug-likeness (QED) is 0.779. The Morgan fingerprint density at radius 3 is 2.56 bits per heavy atom. The second kappa shape index (κ2) is 6.02.